The molecule has 2 N–H and O–H groups in total. The van der Waals surface area contributed by atoms with Gasteiger partial charge in [-0.05, 0) is 63.8 Å². The molecule has 1 aliphatic rings. The van der Waals surface area contributed by atoms with Gasteiger partial charge in [0, 0.05) is 37.2 Å². The van der Waals surface area contributed by atoms with Gasteiger partial charge in [0.2, 0.25) is 0 Å². The molecule has 0 aliphatic carbocycles. The third kappa shape index (κ3) is 3.78. The minimum Gasteiger partial charge on any atom is -0.506 e. The zero-order chi connectivity index (χ0) is 38.7. The first-order valence-electron chi connectivity index (χ1n) is 18.4. The highest BCUT2D eigenvalue weighted by molar-refractivity contribution is 7.16. The summed E-state index contributed by atoms with van der Waals surface area (Å²) in [7, 11) is 0. The number of pyridine rings is 1. The minimum absolute atomic E-state index is 0.114. The van der Waals surface area contributed by atoms with Gasteiger partial charge in [-0.3, -0.25) is 14.2 Å². The Labute approximate surface area is 189 Å². The lowest BCUT2D eigenvalue weighted by atomic mass is 10.1. The maximum Gasteiger partial charge on any atom is 0.293 e. The number of piperidine rings is 1. The van der Waals surface area contributed by atoms with Crippen molar-refractivity contribution in [3.63, 3.8) is 0 Å². The van der Waals surface area contributed by atoms with Crippen LogP contribution in [0.15, 0.2) is 16.2 Å². The van der Waals surface area contributed by atoms with Crippen LogP contribution in [0.1, 0.15) is 84.4 Å². The zero-order valence-electron chi connectivity index (χ0n) is 35.9. The normalized spacial score (nSPS) is 40.1. The second kappa shape index (κ2) is 8.22. The molecule has 0 unspecified atom stereocenters. The molecule has 1 amide bonds. The molecule has 0 bridgehead atoms. The molecule has 6 nitrogen and oxygen atoms in total. The van der Waals surface area contributed by atoms with Crippen molar-refractivity contribution in [3.8, 4) is 5.75 Å². The Morgan fingerprint density at radius 1 is 1.62 bits per heavy atom. The molecule has 1 aliphatic heterocycles. The number of fused-ring (bicyclic) bond motifs is 1. The van der Waals surface area contributed by atoms with Crippen molar-refractivity contribution in [2.24, 2.45) is 0 Å². The number of carbonyl (C=O) groups is 1. The standard InChI is InChI=1S/C19H27N3O3S/c1-13(2)22-18(25)15(16(23)14-7-12-26-19(14)22)17(24)20-8-6-11-21-9-4-3-5-10-21/h7,12-13,23H,3-6,8-11H2,1-2H3,(H,20,24)/i1D3,2D3,3D2,4D2,5D2,7D,8D2,9D2,10D2,12D,13D/hD2. The summed E-state index contributed by atoms with van der Waals surface area (Å²) in [6, 6.07) is -4.89. The van der Waals surface area contributed by atoms with Crippen LogP contribution in [0.25, 0.3) is 10.2 Å². The maximum atomic E-state index is 13.9. The number of likely N-dealkylation sites (tertiary alicyclic amines) is 1. The van der Waals surface area contributed by atoms with E-state index in [2.05, 4.69) is 5.11 Å². The molecule has 3 rings (SSSR count). The van der Waals surface area contributed by atoms with Gasteiger partial charge >= 0.3 is 0 Å². The Hall–Kier alpha value is -1.86. The number of amides is 1. The molecular weight excluding hydrogens is 350 g/mol. The summed E-state index contributed by atoms with van der Waals surface area (Å²) in [6.07, 6.45) is -12.7. The molecule has 7 heteroatoms. The van der Waals surface area contributed by atoms with Gasteiger partial charge in [-0.15, -0.1) is 11.3 Å². The van der Waals surface area contributed by atoms with Crippen molar-refractivity contribution in [2.75, 3.05) is 26.0 Å². The molecule has 142 valence electrons. The summed E-state index contributed by atoms with van der Waals surface area (Å²) in [4.78, 5) is 26.5. The van der Waals surface area contributed by atoms with Gasteiger partial charge in [0.25, 0.3) is 12.9 Å². The quantitative estimate of drug-likeness (QED) is 0.749. The summed E-state index contributed by atoms with van der Waals surface area (Å²) in [5, 5.41) is 2.02. The van der Waals surface area contributed by atoms with Crippen molar-refractivity contribution in [3.05, 3.63) is 27.3 Å². The number of rotatable bonds is 7. The van der Waals surface area contributed by atoms with Crippen molar-refractivity contribution in [1.82, 2.24) is 14.8 Å². The molecule has 3 heterocycles. The summed E-state index contributed by atoms with van der Waals surface area (Å²) >= 11 is 0.114. The number of nitrogens with one attached hydrogen (secondary N) is 1. The summed E-state index contributed by atoms with van der Waals surface area (Å²) in [6.45, 7) is -20.0. The van der Waals surface area contributed by atoms with E-state index in [-0.39, 0.29) is 20.8 Å². The molecule has 0 saturated carbocycles. The van der Waals surface area contributed by atoms with E-state index in [1.807, 2.05) is 0 Å². The molecule has 2 aromatic heterocycles. The summed E-state index contributed by atoms with van der Waals surface area (Å²) in [5.41, 5.74) is -3.66. The molecular formula is C19H27N3O3S. The fourth-order valence-corrected chi connectivity index (χ4v) is 2.83. The van der Waals surface area contributed by atoms with Crippen LogP contribution in [0.4, 0.5) is 0 Å². The first-order chi connectivity index (χ1) is 21.6. The Kier molecular flexibility index (Phi) is 1.69. The topological polar surface area (TPSA) is 74.6 Å². The van der Waals surface area contributed by atoms with Gasteiger partial charge < -0.3 is 15.3 Å². The van der Waals surface area contributed by atoms with Gasteiger partial charge in [-0.2, -0.15) is 0 Å². The first kappa shape index (κ1) is 5.35. The third-order valence-corrected chi connectivity index (χ3v) is 3.97. The molecule has 0 atom stereocenters. The number of hydrogen-bond acceptors (Lipinski definition) is 5. The predicted octanol–water partition coefficient (Wildman–Crippen LogP) is 2.96. The number of thiophene rings is 1. The molecule has 26 heavy (non-hydrogen) atoms. The van der Waals surface area contributed by atoms with Crippen molar-refractivity contribution in [2.45, 2.75) is 45.3 Å². The van der Waals surface area contributed by atoms with Crippen LogP contribution in [0.5, 0.6) is 5.75 Å². The van der Waals surface area contributed by atoms with Crippen molar-refractivity contribution < 1.29 is 40.1 Å². The molecule has 1 saturated heterocycles. The van der Waals surface area contributed by atoms with Crippen LogP contribution < -0.4 is 10.9 Å². The van der Waals surface area contributed by atoms with E-state index < -0.39 is 121 Å². The predicted molar refractivity (Wildman–Crippen MR) is 105 cm³/mol. The number of aromatic hydroxyl groups is 1. The largest absolute Gasteiger partial charge is 0.506 e. The van der Waals surface area contributed by atoms with Crippen LogP contribution in [-0.2, 0) is 0 Å². The average molecular weight is 401 g/mol. The van der Waals surface area contributed by atoms with Gasteiger partial charge in [-0.1, -0.05) is 6.37 Å². The molecule has 1 fully saturated rings. The number of nitrogens with zero attached hydrogens (tertiary/aromatic N) is 2. The zero-order valence-corrected chi connectivity index (χ0v) is 13.7. The summed E-state index contributed by atoms with van der Waals surface area (Å²) < 4.78 is 184. The van der Waals surface area contributed by atoms with Gasteiger partial charge in [-0.25, -0.2) is 0 Å². The number of aromatic nitrogens is 1. The highest BCUT2D eigenvalue weighted by Gasteiger charge is 2.23. The van der Waals surface area contributed by atoms with E-state index in [9.17, 15) is 9.59 Å². The monoisotopic (exact) mass is 400 g/mol. The van der Waals surface area contributed by atoms with E-state index in [4.69, 9.17) is 31.6 Å². The second-order valence-corrected chi connectivity index (χ2v) is 5.57. The average Bonchev–Trinajstić information content (AvgIpc) is 3.21. The number of carbonyl (C=O) groups excluding carboxylic acids is 1. The van der Waals surface area contributed by atoms with Crippen LogP contribution in [0, 0.1) is 0 Å². The Bertz CT molecular complexity index is 1670. The Morgan fingerprint density at radius 2 is 2.42 bits per heavy atom. The highest BCUT2D eigenvalue weighted by Crippen LogP contribution is 2.31. The smallest absolute Gasteiger partial charge is 0.293 e. The van der Waals surface area contributed by atoms with Crippen LogP contribution in [-0.4, -0.2) is 47.9 Å². The fraction of sp³-hybridized carbons (Fsp3) is 0.579. The van der Waals surface area contributed by atoms with E-state index >= 15 is 0 Å². The lowest BCUT2D eigenvalue weighted by Crippen LogP contribution is -2.36. The van der Waals surface area contributed by atoms with Crippen molar-refractivity contribution in [1.29, 1.82) is 1.43 Å². The van der Waals surface area contributed by atoms with E-state index in [0.29, 0.717) is 0 Å². The summed E-state index contributed by atoms with van der Waals surface area (Å²) in [5.74, 6) is -3.37. The molecule has 0 radical (unpaired) electrons. The molecule has 0 aromatic carbocycles. The van der Waals surface area contributed by atoms with Crippen LogP contribution in [0.2, 0.25) is 1.41 Å². The van der Waals surface area contributed by atoms with Crippen LogP contribution >= 0.6 is 11.3 Å². The Morgan fingerprint density at radius 3 is 3.15 bits per heavy atom. The van der Waals surface area contributed by atoms with Gasteiger partial charge in [0.1, 0.15) is 16.1 Å². The van der Waals surface area contributed by atoms with E-state index in [1.54, 1.807) is 0 Å². The lowest BCUT2D eigenvalue weighted by Gasteiger charge is -2.26. The fourth-order valence-electron chi connectivity index (χ4n) is 2.07. The minimum atomic E-state index is -3.95. The maximum absolute atomic E-state index is 13.9. The second-order valence-electron chi connectivity index (χ2n) is 4.78. The lowest BCUT2D eigenvalue weighted by molar-refractivity contribution is 0.0946. The Balaban J connectivity index is 2.25. The van der Waals surface area contributed by atoms with Gasteiger partial charge in [0.05, 0.1) is 9.50 Å². The van der Waals surface area contributed by atoms with Gasteiger partial charge in [0.15, 0.2) is 1.41 Å². The van der Waals surface area contributed by atoms with Crippen molar-refractivity contribution >= 4 is 27.5 Å². The van der Waals surface area contributed by atoms with E-state index in [0.717, 1.165) is 0 Å². The molecule has 0 spiro atoms. The van der Waals surface area contributed by atoms with Crippen LogP contribution in [0.3, 0.4) is 0 Å². The van der Waals surface area contributed by atoms with E-state index in [1.165, 1.54) is 0 Å². The SMILES string of the molecule is [2H]Oc1c(C(=O)N([2H])C([2H])([2H])CCN2C([2H])([2H])C([2H])([2H])C([2H])([2H])C([2H])([2H])C2([2H])[2H])c(=O)n(C([2H])(C([2H])([2H])[2H])C([2H])([2H])[2H])c2sc([2H])c([2H])c12. The third-order valence-electron chi connectivity index (χ3n) is 3.18. The first-order valence-corrected chi connectivity index (χ1v) is 7.82. The molecule has 2 aromatic rings. The highest BCUT2D eigenvalue weighted by atomic mass is 32.1. The number of hydrogen-bond donors (Lipinski definition) is 2.